The number of nitrogens with one attached hydrogen (secondary N) is 1. The number of carbonyl (C=O) groups excluding carboxylic acids is 2. The van der Waals surface area contributed by atoms with Gasteiger partial charge in [-0.3, -0.25) is 9.59 Å². The monoisotopic (exact) mass is 456 g/mol. The van der Waals surface area contributed by atoms with Gasteiger partial charge in [-0.25, -0.2) is 8.42 Å². The van der Waals surface area contributed by atoms with Crippen LogP contribution in [0.25, 0.3) is 0 Å². The Bertz CT molecular complexity index is 1070. The maximum absolute atomic E-state index is 13.1. The maximum Gasteiger partial charge on any atom is 0.418 e. The predicted molar refractivity (Wildman–Crippen MR) is 110 cm³/mol. The number of likely N-dealkylation sites (N-methyl/N-ethyl adjacent to an activating group) is 1. The zero-order valence-corrected chi connectivity index (χ0v) is 18.0. The topological polar surface area (TPSA) is 83.6 Å². The smallest absolute Gasteiger partial charge is 0.330 e. The third kappa shape index (κ3) is 5.63. The molecule has 2 rings (SSSR count). The molecule has 0 aliphatic heterocycles. The molecule has 0 aromatic heterocycles. The highest BCUT2D eigenvalue weighted by atomic mass is 32.2. The van der Waals surface area contributed by atoms with Gasteiger partial charge in [0, 0.05) is 6.54 Å². The summed E-state index contributed by atoms with van der Waals surface area (Å²) >= 11 is 0. The van der Waals surface area contributed by atoms with Gasteiger partial charge in [0.25, 0.3) is 5.91 Å². The first-order chi connectivity index (χ1) is 14.4. The van der Waals surface area contributed by atoms with Crippen LogP contribution in [0.4, 0.5) is 18.9 Å². The molecule has 1 N–H and O–H groups in total. The van der Waals surface area contributed by atoms with Crippen LogP contribution in [0, 0.1) is 0 Å². The van der Waals surface area contributed by atoms with Gasteiger partial charge in [-0.1, -0.05) is 24.3 Å². The number of hydrogen-bond donors (Lipinski definition) is 1. The molecule has 2 aromatic rings. The van der Waals surface area contributed by atoms with Gasteiger partial charge in [-0.05, 0) is 45.0 Å². The van der Waals surface area contributed by atoms with Crippen LogP contribution in [0.1, 0.15) is 36.7 Å². The molecule has 0 bridgehead atoms. The molecule has 31 heavy (non-hydrogen) atoms. The molecule has 0 aliphatic rings. The lowest BCUT2D eigenvalue weighted by Crippen LogP contribution is -2.38. The summed E-state index contributed by atoms with van der Waals surface area (Å²) in [6.45, 7) is 4.05. The first-order valence-electron chi connectivity index (χ1n) is 9.47. The fourth-order valence-corrected chi connectivity index (χ4v) is 4.08. The summed E-state index contributed by atoms with van der Waals surface area (Å²) in [5.74, 6) is -1.54. The van der Waals surface area contributed by atoms with Crippen LogP contribution >= 0.6 is 0 Å². The average Bonchev–Trinajstić information content (AvgIpc) is 2.71. The van der Waals surface area contributed by atoms with E-state index in [1.54, 1.807) is 6.92 Å². The lowest BCUT2D eigenvalue weighted by molar-refractivity contribution is -0.137. The fourth-order valence-electron chi connectivity index (χ4n) is 2.85. The SMILES string of the molecule is CCN(CC(=O)Nc1ccccc1C(F)(F)F)C(=O)c1ccccc1S(=O)(=O)C(C)C. The normalized spacial score (nSPS) is 12.0. The summed E-state index contributed by atoms with van der Waals surface area (Å²) in [4.78, 5) is 26.3. The largest absolute Gasteiger partial charge is 0.418 e. The first kappa shape index (κ1) is 24.4. The standard InChI is InChI=1S/C21H23F3N2O4S/c1-4-26(13-19(27)25-17-11-7-6-10-16(17)21(22,23)24)20(28)15-9-5-8-12-18(15)31(29,30)14(2)3/h5-12,14H,4,13H2,1-3H3,(H,25,27). The number of sulfone groups is 1. The van der Waals surface area contributed by atoms with Crippen LogP contribution < -0.4 is 5.32 Å². The van der Waals surface area contributed by atoms with Gasteiger partial charge in [0.1, 0.15) is 6.54 Å². The second-order valence-electron chi connectivity index (χ2n) is 7.00. The highest BCUT2D eigenvalue weighted by Gasteiger charge is 2.34. The average molecular weight is 456 g/mol. The maximum atomic E-state index is 13.1. The second kappa shape index (κ2) is 9.51. The van der Waals surface area contributed by atoms with E-state index in [4.69, 9.17) is 0 Å². The Balaban J connectivity index is 2.28. The quantitative estimate of drug-likeness (QED) is 0.683. The number of hydrogen-bond acceptors (Lipinski definition) is 4. The molecular formula is C21H23F3N2O4S. The first-order valence-corrected chi connectivity index (χ1v) is 11.0. The van der Waals surface area contributed by atoms with E-state index >= 15 is 0 Å². The molecule has 2 amide bonds. The Morgan fingerprint density at radius 1 is 1.03 bits per heavy atom. The van der Waals surface area contributed by atoms with E-state index in [0.29, 0.717) is 0 Å². The minimum Gasteiger partial charge on any atom is -0.330 e. The fraction of sp³-hybridized carbons (Fsp3) is 0.333. The molecule has 168 valence electrons. The zero-order valence-electron chi connectivity index (χ0n) is 17.2. The number of rotatable bonds is 7. The van der Waals surface area contributed by atoms with E-state index < -0.39 is 50.9 Å². The summed E-state index contributed by atoms with van der Waals surface area (Å²) in [7, 11) is -3.77. The summed E-state index contributed by atoms with van der Waals surface area (Å²) in [6.07, 6.45) is -4.66. The number of halogens is 3. The molecule has 6 nitrogen and oxygen atoms in total. The molecule has 0 aliphatic carbocycles. The Hall–Kier alpha value is -2.88. The number of alkyl halides is 3. The van der Waals surface area contributed by atoms with Gasteiger partial charge in [0.2, 0.25) is 5.91 Å². The van der Waals surface area contributed by atoms with Crippen molar-refractivity contribution in [1.82, 2.24) is 4.90 Å². The molecular weight excluding hydrogens is 433 g/mol. The molecule has 0 heterocycles. The molecule has 0 atom stereocenters. The van der Waals surface area contributed by atoms with Crippen molar-refractivity contribution in [3.63, 3.8) is 0 Å². The number of carbonyl (C=O) groups is 2. The Morgan fingerprint density at radius 3 is 2.19 bits per heavy atom. The summed E-state index contributed by atoms with van der Waals surface area (Å²) in [5, 5.41) is 1.42. The highest BCUT2D eigenvalue weighted by molar-refractivity contribution is 7.92. The third-order valence-corrected chi connectivity index (χ3v) is 6.76. The minimum atomic E-state index is -4.66. The van der Waals surface area contributed by atoms with Crippen LogP contribution in [0.2, 0.25) is 0 Å². The Kier molecular flexibility index (Phi) is 7.48. The van der Waals surface area contributed by atoms with Gasteiger partial charge < -0.3 is 10.2 Å². The van der Waals surface area contributed by atoms with Crippen LogP contribution in [0.15, 0.2) is 53.4 Å². The molecule has 0 radical (unpaired) electrons. The van der Waals surface area contributed by atoms with Crippen molar-refractivity contribution in [3.05, 3.63) is 59.7 Å². The number of para-hydroxylation sites is 1. The number of anilines is 1. The van der Waals surface area contributed by atoms with Gasteiger partial charge in [-0.2, -0.15) is 13.2 Å². The van der Waals surface area contributed by atoms with Crippen molar-refractivity contribution in [3.8, 4) is 0 Å². The minimum absolute atomic E-state index is 0.0449. The molecule has 0 saturated carbocycles. The van der Waals surface area contributed by atoms with Gasteiger partial charge >= 0.3 is 6.18 Å². The molecule has 10 heteroatoms. The van der Waals surface area contributed by atoms with Crippen molar-refractivity contribution in [2.75, 3.05) is 18.4 Å². The Labute approximate surface area is 179 Å². The van der Waals surface area contributed by atoms with Crippen LogP contribution in [0.3, 0.4) is 0 Å². The number of amides is 2. The van der Waals surface area contributed by atoms with E-state index in [9.17, 15) is 31.2 Å². The molecule has 0 saturated heterocycles. The third-order valence-electron chi connectivity index (χ3n) is 4.55. The van der Waals surface area contributed by atoms with E-state index in [2.05, 4.69) is 5.32 Å². The highest BCUT2D eigenvalue weighted by Crippen LogP contribution is 2.34. The van der Waals surface area contributed by atoms with E-state index in [-0.39, 0.29) is 17.0 Å². The summed E-state index contributed by atoms with van der Waals surface area (Å²) in [6, 6.07) is 10.2. The zero-order chi connectivity index (χ0) is 23.4. The number of nitrogens with zero attached hydrogens (tertiary/aromatic N) is 1. The van der Waals surface area contributed by atoms with Crippen LogP contribution in [0.5, 0.6) is 0 Å². The van der Waals surface area contributed by atoms with Crippen molar-refractivity contribution >= 4 is 27.3 Å². The van der Waals surface area contributed by atoms with Gasteiger partial charge in [0.15, 0.2) is 9.84 Å². The number of benzene rings is 2. The predicted octanol–water partition coefficient (Wildman–Crippen LogP) is 3.99. The Morgan fingerprint density at radius 2 is 1.61 bits per heavy atom. The summed E-state index contributed by atoms with van der Waals surface area (Å²) < 4.78 is 64.6. The second-order valence-corrected chi connectivity index (χ2v) is 9.47. The molecule has 0 spiro atoms. The lowest BCUT2D eigenvalue weighted by atomic mass is 10.1. The van der Waals surface area contributed by atoms with Crippen molar-refractivity contribution in [2.45, 2.75) is 37.1 Å². The van der Waals surface area contributed by atoms with Crippen LogP contribution in [-0.2, 0) is 20.8 Å². The van der Waals surface area contributed by atoms with Crippen molar-refractivity contribution in [2.24, 2.45) is 0 Å². The molecule has 2 aromatic carbocycles. The molecule has 0 fully saturated rings. The van der Waals surface area contributed by atoms with Gasteiger partial charge in [-0.15, -0.1) is 0 Å². The molecule has 0 unspecified atom stereocenters. The van der Waals surface area contributed by atoms with E-state index in [0.717, 1.165) is 17.0 Å². The van der Waals surface area contributed by atoms with Crippen molar-refractivity contribution < 1.29 is 31.2 Å². The van der Waals surface area contributed by atoms with Gasteiger partial charge in [0.05, 0.1) is 27.0 Å². The van der Waals surface area contributed by atoms with E-state index in [1.807, 2.05) is 0 Å². The summed E-state index contributed by atoms with van der Waals surface area (Å²) in [5.41, 5.74) is -1.53. The van der Waals surface area contributed by atoms with E-state index in [1.165, 1.54) is 50.2 Å². The lowest BCUT2D eigenvalue weighted by Gasteiger charge is -2.22. The van der Waals surface area contributed by atoms with Crippen LogP contribution in [-0.4, -0.2) is 43.5 Å². The van der Waals surface area contributed by atoms with Crippen molar-refractivity contribution in [1.29, 1.82) is 0 Å².